The smallest absolute Gasteiger partial charge is 0.254 e. The summed E-state index contributed by atoms with van der Waals surface area (Å²) in [5.41, 5.74) is 0.313. The molecule has 5 heteroatoms. The van der Waals surface area contributed by atoms with Crippen LogP contribution in [0.5, 0.6) is 0 Å². The van der Waals surface area contributed by atoms with Gasteiger partial charge in [0.15, 0.2) is 0 Å². The molecule has 158 valence electrons. The van der Waals surface area contributed by atoms with Crippen molar-refractivity contribution < 1.29 is 14.3 Å². The monoisotopic (exact) mass is 398 g/mol. The number of methoxy groups -OCH3 is 1. The number of nitrogens with zero attached hydrogens (tertiary/aromatic N) is 2. The SMILES string of the molecule is COC(C)(C)C(=O)N1[C@H]2CCC[C@H]3N(C(C)=O)[C@@H](Cc4ccccc4)[C@@H]1C[C@@]23C. The lowest BCUT2D eigenvalue weighted by Gasteiger charge is -2.52. The van der Waals surface area contributed by atoms with E-state index in [2.05, 4.69) is 28.9 Å². The molecule has 0 aromatic heterocycles. The highest BCUT2D eigenvalue weighted by molar-refractivity contribution is 5.86. The lowest BCUT2D eigenvalue weighted by molar-refractivity contribution is -0.156. The van der Waals surface area contributed by atoms with Gasteiger partial charge in [0.2, 0.25) is 5.91 Å². The average Bonchev–Trinajstić information content (AvgIpc) is 3.00. The molecule has 0 unspecified atom stereocenters. The Hall–Kier alpha value is -1.88. The zero-order valence-electron chi connectivity index (χ0n) is 18.4. The fourth-order valence-electron chi connectivity index (χ4n) is 6.32. The third kappa shape index (κ3) is 3.09. The van der Waals surface area contributed by atoms with Crippen molar-refractivity contribution >= 4 is 11.8 Å². The van der Waals surface area contributed by atoms with Crippen molar-refractivity contribution in [1.82, 2.24) is 9.80 Å². The van der Waals surface area contributed by atoms with E-state index in [4.69, 9.17) is 4.74 Å². The molecule has 4 rings (SSSR count). The molecular formula is C24H34N2O3. The number of amides is 2. The van der Waals surface area contributed by atoms with Gasteiger partial charge in [-0.25, -0.2) is 0 Å². The Balaban J connectivity index is 1.79. The number of carbonyl (C=O) groups excluding carboxylic acids is 2. The first-order valence-corrected chi connectivity index (χ1v) is 10.9. The third-order valence-electron chi connectivity index (χ3n) is 7.87. The van der Waals surface area contributed by atoms with Crippen molar-refractivity contribution in [3.8, 4) is 0 Å². The van der Waals surface area contributed by atoms with Gasteiger partial charge in [0.25, 0.3) is 5.91 Å². The van der Waals surface area contributed by atoms with Crippen molar-refractivity contribution in [2.24, 2.45) is 5.41 Å². The van der Waals surface area contributed by atoms with Gasteiger partial charge in [-0.05, 0) is 51.5 Å². The Kier molecular flexibility index (Phi) is 5.01. The number of hydrogen-bond donors (Lipinski definition) is 0. The van der Waals surface area contributed by atoms with E-state index in [1.165, 1.54) is 5.56 Å². The van der Waals surface area contributed by atoms with E-state index in [1.54, 1.807) is 14.0 Å². The summed E-state index contributed by atoms with van der Waals surface area (Å²) in [4.78, 5) is 30.8. The van der Waals surface area contributed by atoms with Gasteiger partial charge in [0.05, 0.1) is 12.1 Å². The summed E-state index contributed by atoms with van der Waals surface area (Å²) in [7, 11) is 1.61. The summed E-state index contributed by atoms with van der Waals surface area (Å²) in [6, 6.07) is 10.8. The quantitative estimate of drug-likeness (QED) is 0.781. The second-order valence-electron chi connectivity index (χ2n) is 9.85. The molecule has 2 heterocycles. The molecule has 2 aliphatic heterocycles. The van der Waals surface area contributed by atoms with Crippen LogP contribution in [0.4, 0.5) is 0 Å². The summed E-state index contributed by atoms with van der Waals surface area (Å²) < 4.78 is 5.59. The number of ether oxygens (including phenoxy) is 1. The van der Waals surface area contributed by atoms with Gasteiger partial charge < -0.3 is 14.5 Å². The fourth-order valence-corrected chi connectivity index (χ4v) is 6.32. The van der Waals surface area contributed by atoms with Gasteiger partial charge in [-0.2, -0.15) is 0 Å². The van der Waals surface area contributed by atoms with E-state index in [0.29, 0.717) is 0 Å². The van der Waals surface area contributed by atoms with Crippen molar-refractivity contribution in [2.75, 3.05) is 7.11 Å². The summed E-state index contributed by atoms with van der Waals surface area (Å²) in [6.45, 7) is 7.71. The Morgan fingerprint density at radius 1 is 1.14 bits per heavy atom. The number of fused-ring (bicyclic) bond motifs is 1. The number of benzene rings is 1. The largest absolute Gasteiger partial charge is 0.369 e. The zero-order valence-corrected chi connectivity index (χ0v) is 18.4. The number of likely N-dealkylation sites (tertiary alicyclic amines) is 2. The first-order chi connectivity index (χ1) is 13.7. The van der Waals surface area contributed by atoms with Crippen LogP contribution in [-0.2, 0) is 20.7 Å². The molecule has 2 bridgehead atoms. The average molecular weight is 399 g/mol. The molecule has 5 atom stereocenters. The Morgan fingerprint density at radius 3 is 2.34 bits per heavy atom. The molecule has 0 N–H and O–H groups in total. The molecule has 29 heavy (non-hydrogen) atoms. The van der Waals surface area contributed by atoms with Gasteiger partial charge in [0, 0.05) is 31.5 Å². The molecule has 0 spiro atoms. The number of hydrogen-bond acceptors (Lipinski definition) is 3. The maximum atomic E-state index is 13.7. The molecule has 0 radical (unpaired) electrons. The van der Waals surface area contributed by atoms with Crippen LogP contribution in [0.25, 0.3) is 0 Å². The molecule has 3 aliphatic rings. The van der Waals surface area contributed by atoms with E-state index in [9.17, 15) is 9.59 Å². The highest BCUT2D eigenvalue weighted by atomic mass is 16.5. The van der Waals surface area contributed by atoms with Crippen molar-refractivity contribution in [3.63, 3.8) is 0 Å². The van der Waals surface area contributed by atoms with E-state index < -0.39 is 5.60 Å². The maximum Gasteiger partial charge on any atom is 0.254 e. The van der Waals surface area contributed by atoms with Gasteiger partial charge in [-0.15, -0.1) is 0 Å². The highest BCUT2D eigenvalue weighted by Gasteiger charge is 2.65. The third-order valence-corrected chi connectivity index (χ3v) is 7.87. The van der Waals surface area contributed by atoms with E-state index >= 15 is 0 Å². The van der Waals surface area contributed by atoms with Gasteiger partial charge >= 0.3 is 0 Å². The highest BCUT2D eigenvalue weighted by Crippen LogP contribution is 2.57. The minimum absolute atomic E-state index is 0.00711. The first kappa shape index (κ1) is 20.4. The molecule has 1 aromatic rings. The predicted octanol–water partition coefficient (Wildman–Crippen LogP) is 3.41. The Bertz CT molecular complexity index is 793. The Labute approximate surface area is 174 Å². The normalized spacial score (nSPS) is 33.7. The molecule has 1 saturated carbocycles. The van der Waals surface area contributed by atoms with Crippen LogP contribution in [0.2, 0.25) is 0 Å². The molecule has 2 saturated heterocycles. The van der Waals surface area contributed by atoms with Crippen molar-refractivity contribution in [3.05, 3.63) is 35.9 Å². The molecule has 1 aliphatic carbocycles. The van der Waals surface area contributed by atoms with E-state index in [1.807, 2.05) is 32.0 Å². The standard InChI is InChI=1S/C24H34N2O3/c1-16(27)25-18(14-17-10-7-6-8-11-17)19-15-24(4)20(25)12-9-13-21(24)26(19)22(28)23(2,3)29-5/h6-8,10-11,18-21H,9,12-15H2,1-5H3/t18-,19-,20+,21-,24+/m0/s1. The number of piperidine rings is 1. The predicted molar refractivity (Wildman–Crippen MR) is 112 cm³/mol. The number of rotatable bonds is 4. The molecular weight excluding hydrogens is 364 g/mol. The van der Waals surface area contributed by atoms with E-state index in [0.717, 1.165) is 32.1 Å². The second-order valence-corrected chi connectivity index (χ2v) is 9.85. The van der Waals surface area contributed by atoms with Crippen molar-refractivity contribution in [2.45, 2.75) is 89.6 Å². The topological polar surface area (TPSA) is 49.9 Å². The van der Waals surface area contributed by atoms with Crippen molar-refractivity contribution in [1.29, 1.82) is 0 Å². The first-order valence-electron chi connectivity index (χ1n) is 10.9. The van der Waals surface area contributed by atoms with Crippen LogP contribution in [-0.4, -0.2) is 58.5 Å². The van der Waals surface area contributed by atoms with Crippen LogP contribution in [0.3, 0.4) is 0 Å². The van der Waals surface area contributed by atoms with Crippen LogP contribution >= 0.6 is 0 Å². The molecule has 1 aromatic carbocycles. The van der Waals surface area contributed by atoms with Crippen LogP contribution < -0.4 is 0 Å². The van der Waals surface area contributed by atoms with Gasteiger partial charge in [-0.1, -0.05) is 37.3 Å². The van der Waals surface area contributed by atoms with E-state index in [-0.39, 0.29) is 41.4 Å². The minimum Gasteiger partial charge on any atom is -0.369 e. The van der Waals surface area contributed by atoms with Gasteiger partial charge in [0.1, 0.15) is 5.60 Å². The summed E-state index contributed by atoms with van der Waals surface area (Å²) in [6.07, 6.45) is 4.84. The van der Waals surface area contributed by atoms with Crippen LogP contribution in [0, 0.1) is 5.41 Å². The lowest BCUT2D eigenvalue weighted by atomic mass is 9.64. The fraction of sp³-hybridized carbons (Fsp3) is 0.667. The number of carbonyl (C=O) groups is 2. The summed E-state index contributed by atoms with van der Waals surface area (Å²) >= 11 is 0. The second kappa shape index (κ2) is 7.12. The zero-order chi connectivity index (χ0) is 21.0. The summed E-state index contributed by atoms with van der Waals surface area (Å²) in [5.74, 6) is 0.190. The lowest BCUT2D eigenvalue weighted by Crippen LogP contribution is -2.62. The van der Waals surface area contributed by atoms with Gasteiger partial charge in [-0.3, -0.25) is 9.59 Å². The molecule has 3 fully saturated rings. The molecule has 5 nitrogen and oxygen atoms in total. The molecule has 2 amide bonds. The maximum absolute atomic E-state index is 13.7. The minimum atomic E-state index is -0.862. The van der Waals surface area contributed by atoms with Crippen LogP contribution in [0.15, 0.2) is 30.3 Å². The van der Waals surface area contributed by atoms with Crippen LogP contribution in [0.1, 0.15) is 58.9 Å². The Morgan fingerprint density at radius 2 is 1.76 bits per heavy atom. The summed E-state index contributed by atoms with van der Waals surface area (Å²) in [5, 5.41) is 0.